The first-order chi connectivity index (χ1) is 15.9. The van der Waals surface area contributed by atoms with Gasteiger partial charge >= 0.3 is 12.1 Å². The van der Waals surface area contributed by atoms with Gasteiger partial charge in [-0.3, -0.25) is 9.59 Å². The Balaban J connectivity index is 1.40. The molecular weight excluding hydrogens is 420 g/mol. The number of aliphatic carboxylic acids is 1. The fourth-order valence-corrected chi connectivity index (χ4v) is 4.88. The van der Waals surface area contributed by atoms with Crippen LogP contribution in [0.3, 0.4) is 0 Å². The van der Waals surface area contributed by atoms with Crippen LogP contribution in [-0.2, 0) is 14.3 Å². The molecule has 2 aromatic rings. The van der Waals surface area contributed by atoms with Gasteiger partial charge < -0.3 is 20.5 Å². The largest absolute Gasteiger partial charge is 0.481 e. The highest BCUT2D eigenvalue weighted by Gasteiger charge is 2.46. The zero-order chi connectivity index (χ0) is 23.4. The van der Waals surface area contributed by atoms with Crippen molar-refractivity contribution in [2.24, 2.45) is 0 Å². The standard InChI is InChI=1S/C26H30N2O5/c1-2-8-17(15-23(29)30)27-24(31)26(13-7-14-26)28-25(32)33-16-22-20-11-5-3-9-18(20)19-10-4-6-12-21(19)22/h3-6,9-12,17,22H,2,7-8,13-16H2,1H3,(H,27,31)(H,28,32)(H,29,30)/t17-/m0/s1. The van der Waals surface area contributed by atoms with E-state index in [1.807, 2.05) is 31.2 Å². The molecule has 33 heavy (non-hydrogen) atoms. The first kappa shape index (κ1) is 22.8. The third-order valence-electron chi connectivity index (χ3n) is 6.72. The van der Waals surface area contributed by atoms with E-state index in [1.54, 1.807) is 0 Å². The van der Waals surface area contributed by atoms with Crippen molar-refractivity contribution < 1.29 is 24.2 Å². The summed E-state index contributed by atoms with van der Waals surface area (Å²) in [5.41, 5.74) is 3.51. The number of carbonyl (C=O) groups is 3. The van der Waals surface area contributed by atoms with Crippen molar-refractivity contribution in [1.29, 1.82) is 0 Å². The molecule has 0 radical (unpaired) electrons. The van der Waals surface area contributed by atoms with E-state index in [0.717, 1.165) is 35.1 Å². The van der Waals surface area contributed by atoms with Gasteiger partial charge in [0.25, 0.3) is 0 Å². The molecule has 0 aliphatic heterocycles. The van der Waals surface area contributed by atoms with Gasteiger partial charge in [-0.15, -0.1) is 0 Å². The van der Waals surface area contributed by atoms with E-state index < -0.39 is 23.6 Å². The summed E-state index contributed by atoms with van der Waals surface area (Å²) in [6.45, 7) is 2.12. The fourth-order valence-electron chi connectivity index (χ4n) is 4.88. The smallest absolute Gasteiger partial charge is 0.408 e. The first-order valence-corrected chi connectivity index (χ1v) is 11.6. The van der Waals surface area contributed by atoms with Crippen LogP contribution in [0.5, 0.6) is 0 Å². The van der Waals surface area contributed by atoms with Gasteiger partial charge in [0, 0.05) is 12.0 Å². The van der Waals surface area contributed by atoms with Crippen molar-refractivity contribution in [2.45, 2.75) is 62.9 Å². The Labute approximate surface area is 193 Å². The second-order valence-electron chi connectivity index (χ2n) is 8.94. The quantitative estimate of drug-likeness (QED) is 0.531. The summed E-state index contributed by atoms with van der Waals surface area (Å²) in [5.74, 6) is -1.35. The number of carboxylic acid groups (broad SMARTS) is 1. The van der Waals surface area contributed by atoms with Crippen molar-refractivity contribution in [1.82, 2.24) is 10.6 Å². The maximum Gasteiger partial charge on any atom is 0.408 e. The monoisotopic (exact) mass is 450 g/mol. The second kappa shape index (κ2) is 9.65. The van der Waals surface area contributed by atoms with Crippen LogP contribution in [-0.4, -0.2) is 41.3 Å². The lowest BCUT2D eigenvalue weighted by molar-refractivity contribution is -0.138. The Morgan fingerprint density at radius 2 is 1.67 bits per heavy atom. The predicted molar refractivity (Wildman–Crippen MR) is 124 cm³/mol. The van der Waals surface area contributed by atoms with Crippen LogP contribution in [0.1, 0.15) is 62.5 Å². The summed E-state index contributed by atoms with van der Waals surface area (Å²) < 4.78 is 5.61. The molecule has 1 atom stereocenters. The van der Waals surface area contributed by atoms with Crippen molar-refractivity contribution >= 4 is 18.0 Å². The summed E-state index contributed by atoms with van der Waals surface area (Å²) in [6, 6.07) is 15.8. The number of hydrogen-bond donors (Lipinski definition) is 3. The molecule has 174 valence electrons. The third-order valence-corrected chi connectivity index (χ3v) is 6.72. The van der Waals surface area contributed by atoms with Gasteiger partial charge in [-0.2, -0.15) is 0 Å². The fraction of sp³-hybridized carbons (Fsp3) is 0.423. The molecule has 1 fully saturated rings. The van der Waals surface area contributed by atoms with Gasteiger partial charge in [0.2, 0.25) is 5.91 Å². The number of ether oxygens (including phenoxy) is 1. The topological polar surface area (TPSA) is 105 Å². The van der Waals surface area contributed by atoms with Crippen LogP contribution in [0.15, 0.2) is 48.5 Å². The van der Waals surface area contributed by atoms with E-state index >= 15 is 0 Å². The third kappa shape index (κ3) is 4.72. The average molecular weight is 451 g/mol. The number of nitrogens with one attached hydrogen (secondary N) is 2. The number of rotatable bonds is 9. The number of hydrogen-bond acceptors (Lipinski definition) is 4. The zero-order valence-electron chi connectivity index (χ0n) is 18.8. The Morgan fingerprint density at radius 1 is 1.06 bits per heavy atom. The summed E-state index contributed by atoms with van der Waals surface area (Å²) >= 11 is 0. The summed E-state index contributed by atoms with van der Waals surface area (Å²) in [6.07, 6.45) is 2.39. The van der Waals surface area contributed by atoms with Crippen LogP contribution in [0, 0.1) is 0 Å². The highest BCUT2D eigenvalue weighted by molar-refractivity contribution is 5.91. The van der Waals surface area contributed by atoms with Gasteiger partial charge in [0.15, 0.2) is 0 Å². The molecule has 7 nitrogen and oxygen atoms in total. The van der Waals surface area contributed by atoms with Crippen LogP contribution >= 0.6 is 0 Å². The van der Waals surface area contributed by atoms with E-state index in [-0.39, 0.29) is 24.9 Å². The van der Waals surface area contributed by atoms with Crippen LogP contribution < -0.4 is 10.6 Å². The summed E-state index contributed by atoms with van der Waals surface area (Å²) in [5, 5.41) is 14.7. The van der Waals surface area contributed by atoms with E-state index in [0.29, 0.717) is 19.3 Å². The summed E-state index contributed by atoms with van der Waals surface area (Å²) in [4.78, 5) is 36.8. The minimum absolute atomic E-state index is 0.0566. The van der Waals surface area contributed by atoms with Gasteiger partial charge in [-0.25, -0.2) is 4.79 Å². The Hall–Kier alpha value is -3.35. The molecule has 3 N–H and O–H groups in total. The van der Waals surface area contributed by atoms with E-state index in [1.165, 1.54) is 0 Å². The summed E-state index contributed by atoms with van der Waals surface area (Å²) in [7, 11) is 0. The zero-order valence-corrected chi connectivity index (χ0v) is 18.8. The van der Waals surface area contributed by atoms with Crippen LogP contribution in [0.25, 0.3) is 11.1 Å². The molecule has 0 saturated heterocycles. The lowest BCUT2D eigenvalue weighted by atomic mass is 9.76. The van der Waals surface area contributed by atoms with Gasteiger partial charge in [0.05, 0.1) is 6.42 Å². The molecule has 0 spiro atoms. The van der Waals surface area contributed by atoms with Gasteiger partial charge in [-0.1, -0.05) is 61.9 Å². The van der Waals surface area contributed by atoms with Crippen molar-refractivity contribution in [3.63, 3.8) is 0 Å². The Kier molecular flexibility index (Phi) is 6.67. The highest BCUT2D eigenvalue weighted by Crippen LogP contribution is 2.44. The van der Waals surface area contributed by atoms with Crippen LogP contribution in [0.2, 0.25) is 0 Å². The molecule has 0 unspecified atom stereocenters. The Morgan fingerprint density at radius 3 is 2.18 bits per heavy atom. The lowest BCUT2D eigenvalue weighted by Gasteiger charge is -2.41. The molecule has 0 bridgehead atoms. The van der Waals surface area contributed by atoms with E-state index in [2.05, 4.69) is 34.9 Å². The maximum absolute atomic E-state index is 13.0. The number of carbonyl (C=O) groups excluding carboxylic acids is 2. The number of fused-ring (bicyclic) bond motifs is 3. The molecular formula is C26H30N2O5. The molecule has 2 amide bonds. The molecule has 7 heteroatoms. The number of alkyl carbamates (subject to hydrolysis) is 1. The van der Waals surface area contributed by atoms with Crippen molar-refractivity contribution in [3.8, 4) is 11.1 Å². The first-order valence-electron chi connectivity index (χ1n) is 11.6. The molecule has 2 aliphatic rings. The maximum atomic E-state index is 13.0. The SMILES string of the molecule is CCC[C@@H](CC(=O)O)NC(=O)C1(NC(=O)OCC2c3ccccc3-c3ccccc32)CCC1. The number of amides is 2. The van der Waals surface area contributed by atoms with Crippen LogP contribution in [0.4, 0.5) is 4.79 Å². The van der Waals surface area contributed by atoms with Crippen molar-refractivity contribution in [2.75, 3.05) is 6.61 Å². The van der Waals surface area contributed by atoms with Gasteiger partial charge in [-0.05, 0) is 47.9 Å². The minimum Gasteiger partial charge on any atom is -0.481 e. The normalized spacial score (nSPS) is 16.6. The number of carboxylic acids is 1. The second-order valence-corrected chi connectivity index (χ2v) is 8.94. The molecule has 2 aromatic carbocycles. The molecule has 4 rings (SSSR count). The van der Waals surface area contributed by atoms with Gasteiger partial charge in [0.1, 0.15) is 12.1 Å². The predicted octanol–water partition coefficient (Wildman–Crippen LogP) is 4.21. The Bertz CT molecular complexity index is 1000. The molecule has 0 aromatic heterocycles. The molecule has 1 saturated carbocycles. The lowest BCUT2D eigenvalue weighted by Crippen LogP contribution is -2.64. The molecule has 0 heterocycles. The van der Waals surface area contributed by atoms with E-state index in [9.17, 15) is 14.4 Å². The highest BCUT2D eigenvalue weighted by atomic mass is 16.5. The minimum atomic E-state index is -1.03. The average Bonchev–Trinajstić information content (AvgIpc) is 3.08. The van der Waals surface area contributed by atoms with E-state index in [4.69, 9.17) is 9.84 Å². The van der Waals surface area contributed by atoms with Crippen molar-refractivity contribution in [3.05, 3.63) is 59.7 Å². The number of benzene rings is 2. The molecule has 2 aliphatic carbocycles.